The van der Waals surface area contributed by atoms with Crippen molar-refractivity contribution in [2.24, 2.45) is 0 Å². The highest BCUT2D eigenvalue weighted by atomic mass is 19.1. The number of rotatable bonds is 8. The van der Waals surface area contributed by atoms with Crippen LogP contribution in [0.25, 0.3) is 0 Å². The van der Waals surface area contributed by atoms with E-state index in [4.69, 9.17) is 0 Å². The first kappa shape index (κ1) is 22.2. The van der Waals surface area contributed by atoms with Crippen LogP contribution in [0.5, 0.6) is 0 Å². The monoisotopic (exact) mass is 456 g/mol. The number of halogens is 1. The van der Waals surface area contributed by atoms with Gasteiger partial charge in [-0.25, -0.2) is 9.07 Å². The minimum Gasteiger partial charge on any atom is -0.369 e. The highest BCUT2D eigenvalue weighted by Gasteiger charge is 2.23. The average molecular weight is 457 g/mol. The summed E-state index contributed by atoms with van der Waals surface area (Å²) < 4.78 is 15.5. The molecule has 4 aromatic rings. The van der Waals surface area contributed by atoms with E-state index >= 15 is 0 Å². The van der Waals surface area contributed by atoms with Crippen molar-refractivity contribution in [2.75, 3.05) is 37.6 Å². The molecule has 0 N–H and O–H groups in total. The Morgan fingerprint density at radius 2 is 1.44 bits per heavy atom. The third kappa shape index (κ3) is 5.15. The third-order valence-electron chi connectivity index (χ3n) is 6.47. The first-order valence-electron chi connectivity index (χ1n) is 11.9. The molecule has 3 aromatic carbocycles. The minimum absolute atomic E-state index is 0.00721. The van der Waals surface area contributed by atoms with E-state index < -0.39 is 0 Å². The highest BCUT2D eigenvalue weighted by molar-refractivity contribution is 5.46. The number of hydrogen-bond donors (Lipinski definition) is 0. The Morgan fingerprint density at radius 1 is 0.765 bits per heavy atom. The molecule has 174 valence electrons. The fourth-order valence-corrected chi connectivity index (χ4v) is 4.71. The lowest BCUT2D eigenvalue weighted by Gasteiger charge is -2.36. The molecule has 0 bridgehead atoms. The maximum absolute atomic E-state index is 13.6. The predicted molar refractivity (Wildman–Crippen MR) is 131 cm³/mol. The molecular formula is C27H29FN6. The topological polar surface area (TPSA) is 50.1 Å². The van der Waals surface area contributed by atoms with Crippen LogP contribution in [0.1, 0.15) is 29.3 Å². The summed E-state index contributed by atoms with van der Waals surface area (Å²) in [5.41, 5.74) is 3.32. The Kier molecular flexibility index (Phi) is 6.91. The van der Waals surface area contributed by atoms with Gasteiger partial charge in [0.15, 0.2) is 5.82 Å². The molecule has 1 saturated heterocycles. The van der Waals surface area contributed by atoms with Crippen molar-refractivity contribution < 1.29 is 4.39 Å². The Bertz CT molecular complexity index is 1130. The van der Waals surface area contributed by atoms with Crippen molar-refractivity contribution in [2.45, 2.75) is 18.9 Å². The molecule has 2 heterocycles. The number of hydrogen-bond acceptors (Lipinski definition) is 5. The second-order valence-electron chi connectivity index (χ2n) is 8.68. The Hall–Kier alpha value is -3.58. The van der Waals surface area contributed by atoms with E-state index in [0.29, 0.717) is 0 Å². The molecule has 0 amide bonds. The summed E-state index contributed by atoms with van der Waals surface area (Å²) >= 11 is 0. The van der Waals surface area contributed by atoms with Gasteiger partial charge in [0.2, 0.25) is 0 Å². The van der Waals surface area contributed by atoms with Crippen molar-refractivity contribution in [3.05, 3.63) is 108 Å². The zero-order chi connectivity index (χ0) is 23.2. The summed E-state index contributed by atoms with van der Waals surface area (Å²) in [4.78, 5) is 4.72. The maximum atomic E-state index is 13.6. The summed E-state index contributed by atoms with van der Waals surface area (Å²) in [7, 11) is 0. The normalized spacial score (nSPS) is 14.6. The van der Waals surface area contributed by atoms with Gasteiger partial charge in [0.05, 0.1) is 5.92 Å². The van der Waals surface area contributed by atoms with Crippen LogP contribution < -0.4 is 4.90 Å². The van der Waals surface area contributed by atoms with E-state index in [0.717, 1.165) is 57.2 Å². The number of benzene rings is 3. The molecule has 0 radical (unpaired) electrons. The minimum atomic E-state index is -0.179. The van der Waals surface area contributed by atoms with Gasteiger partial charge in [-0.15, -0.1) is 5.10 Å². The van der Waals surface area contributed by atoms with Gasteiger partial charge in [0.25, 0.3) is 0 Å². The Balaban J connectivity index is 1.21. The summed E-state index contributed by atoms with van der Waals surface area (Å²) in [6, 6.07) is 27.7. The molecule has 0 saturated carbocycles. The molecule has 6 nitrogen and oxygen atoms in total. The van der Waals surface area contributed by atoms with Gasteiger partial charge < -0.3 is 4.90 Å². The summed E-state index contributed by atoms with van der Waals surface area (Å²) in [5.74, 6) is 0.682. The first-order chi connectivity index (χ1) is 16.8. The molecule has 0 aliphatic carbocycles. The van der Waals surface area contributed by atoms with Crippen LogP contribution in [0.15, 0.2) is 84.9 Å². The standard InChI is InChI=1S/C27H29FN6/c28-24-13-7-14-25(21-24)33-19-17-32(18-20-33)15-8-16-34-27(29-30-31-34)26(22-9-3-1-4-10-22)23-11-5-2-6-12-23/h1-7,9-14,21,26H,8,15-20H2. The average Bonchev–Trinajstić information content (AvgIpc) is 3.34. The fourth-order valence-electron chi connectivity index (χ4n) is 4.71. The fraction of sp³-hybridized carbons (Fsp3) is 0.296. The molecule has 1 aliphatic heterocycles. The van der Waals surface area contributed by atoms with Gasteiger partial charge >= 0.3 is 0 Å². The zero-order valence-electron chi connectivity index (χ0n) is 19.2. The zero-order valence-corrected chi connectivity index (χ0v) is 19.2. The van der Waals surface area contributed by atoms with E-state index in [-0.39, 0.29) is 11.7 Å². The van der Waals surface area contributed by atoms with Gasteiger partial charge in [0.1, 0.15) is 5.82 Å². The maximum Gasteiger partial charge on any atom is 0.163 e. The Labute approximate surface area is 199 Å². The molecule has 0 atom stereocenters. The third-order valence-corrected chi connectivity index (χ3v) is 6.47. The van der Waals surface area contributed by atoms with Crippen LogP contribution in [0.2, 0.25) is 0 Å². The Morgan fingerprint density at radius 3 is 2.09 bits per heavy atom. The second kappa shape index (κ2) is 10.6. The first-order valence-corrected chi connectivity index (χ1v) is 11.9. The van der Waals surface area contributed by atoms with Gasteiger partial charge in [0, 0.05) is 45.0 Å². The number of nitrogens with zero attached hydrogens (tertiary/aromatic N) is 6. The summed E-state index contributed by atoms with van der Waals surface area (Å²) in [5, 5.41) is 12.8. The van der Waals surface area contributed by atoms with Crippen LogP contribution in [0.3, 0.4) is 0 Å². The van der Waals surface area contributed by atoms with Crippen LogP contribution >= 0.6 is 0 Å². The molecule has 0 unspecified atom stereocenters. The van der Waals surface area contributed by atoms with Crippen molar-refractivity contribution in [1.82, 2.24) is 25.1 Å². The van der Waals surface area contributed by atoms with Gasteiger partial charge in [-0.3, -0.25) is 4.90 Å². The van der Waals surface area contributed by atoms with E-state index in [1.165, 1.54) is 17.2 Å². The lowest BCUT2D eigenvalue weighted by atomic mass is 9.90. The van der Waals surface area contributed by atoms with Crippen molar-refractivity contribution in [3.8, 4) is 0 Å². The van der Waals surface area contributed by atoms with Crippen molar-refractivity contribution in [3.63, 3.8) is 0 Å². The molecule has 1 aromatic heterocycles. The van der Waals surface area contributed by atoms with Crippen LogP contribution in [-0.4, -0.2) is 57.8 Å². The SMILES string of the molecule is Fc1cccc(N2CCN(CCCn3nnnc3C(c3ccccc3)c3ccccc3)CC2)c1. The lowest BCUT2D eigenvalue weighted by Crippen LogP contribution is -2.46. The molecule has 1 fully saturated rings. The van der Waals surface area contributed by atoms with E-state index in [9.17, 15) is 4.39 Å². The molecule has 1 aliphatic rings. The molecule has 34 heavy (non-hydrogen) atoms. The summed E-state index contributed by atoms with van der Waals surface area (Å²) in [6.45, 7) is 5.50. The molecular weight excluding hydrogens is 427 g/mol. The van der Waals surface area contributed by atoms with Crippen molar-refractivity contribution in [1.29, 1.82) is 0 Å². The van der Waals surface area contributed by atoms with Gasteiger partial charge in [-0.1, -0.05) is 66.7 Å². The number of aryl methyl sites for hydroxylation is 1. The lowest BCUT2D eigenvalue weighted by molar-refractivity contribution is 0.248. The van der Waals surface area contributed by atoms with E-state index in [1.54, 1.807) is 12.1 Å². The van der Waals surface area contributed by atoms with Gasteiger partial charge in [-0.05, 0) is 46.2 Å². The van der Waals surface area contributed by atoms with Crippen LogP contribution in [0, 0.1) is 5.82 Å². The number of tetrazole rings is 1. The highest BCUT2D eigenvalue weighted by Crippen LogP contribution is 2.30. The number of aromatic nitrogens is 4. The van der Waals surface area contributed by atoms with E-state index in [2.05, 4.69) is 73.9 Å². The molecule has 7 heteroatoms. The van der Waals surface area contributed by atoms with Crippen LogP contribution in [-0.2, 0) is 6.54 Å². The second-order valence-corrected chi connectivity index (χ2v) is 8.68. The van der Waals surface area contributed by atoms with Crippen molar-refractivity contribution >= 4 is 5.69 Å². The number of anilines is 1. The number of piperazine rings is 1. The predicted octanol–water partition coefficient (Wildman–Crippen LogP) is 4.20. The van der Waals surface area contributed by atoms with E-state index in [1.807, 2.05) is 22.9 Å². The van der Waals surface area contributed by atoms with Crippen LogP contribution in [0.4, 0.5) is 10.1 Å². The molecule has 5 rings (SSSR count). The largest absolute Gasteiger partial charge is 0.369 e. The quantitative estimate of drug-likeness (QED) is 0.398. The van der Waals surface area contributed by atoms with Gasteiger partial charge in [-0.2, -0.15) is 0 Å². The smallest absolute Gasteiger partial charge is 0.163 e. The summed E-state index contributed by atoms with van der Waals surface area (Å²) in [6.07, 6.45) is 0.967. The molecule has 0 spiro atoms.